The van der Waals surface area contributed by atoms with Gasteiger partial charge < -0.3 is 17.2 Å². The Morgan fingerprint density at radius 1 is 1.20 bits per heavy atom. The van der Waals surface area contributed by atoms with Crippen LogP contribution in [0, 0.1) is 0 Å². The zero-order chi connectivity index (χ0) is 14.4. The maximum absolute atomic E-state index is 5.69. The molecule has 0 aliphatic carbocycles. The standard InChI is InChI=1S/C14H22N6/c15-13(16)19-14(17)18-12-7-4-8-20(10-12)9-11-5-2-1-3-6-11/h1-3,5-6,12H,4,7-10H2,(H6,15,16,17,18,19). The molecule has 0 spiro atoms. The summed E-state index contributed by atoms with van der Waals surface area (Å²) >= 11 is 0. The van der Waals surface area contributed by atoms with E-state index in [2.05, 4.69) is 39.2 Å². The van der Waals surface area contributed by atoms with E-state index >= 15 is 0 Å². The van der Waals surface area contributed by atoms with Crippen LogP contribution in [0.1, 0.15) is 18.4 Å². The van der Waals surface area contributed by atoms with Gasteiger partial charge in [0.05, 0.1) is 6.04 Å². The van der Waals surface area contributed by atoms with Crippen molar-refractivity contribution in [1.82, 2.24) is 4.90 Å². The van der Waals surface area contributed by atoms with Gasteiger partial charge in [0.2, 0.25) is 5.96 Å². The number of likely N-dealkylation sites (tertiary alicyclic amines) is 1. The minimum atomic E-state index is -0.0526. The van der Waals surface area contributed by atoms with Crippen LogP contribution < -0.4 is 17.2 Å². The van der Waals surface area contributed by atoms with Crippen LogP contribution in [0.4, 0.5) is 0 Å². The molecule has 6 heteroatoms. The third kappa shape index (κ3) is 4.55. The van der Waals surface area contributed by atoms with Crippen LogP contribution in [0.3, 0.4) is 0 Å². The Kier molecular flexibility index (Phi) is 4.95. The number of rotatable bonds is 3. The van der Waals surface area contributed by atoms with Crippen LogP contribution >= 0.6 is 0 Å². The molecule has 1 unspecified atom stereocenters. The predicted octanol–water partition coefficient (Wildman–Crippen LogP) is 0.239. The molecular formula is C14H22N6. The van der Waals surface area contributed by atoms with Crippen molar-refractivity contribution in [2.75, 3.05) is 13.1 Å². The van der Waals surface area contributed by atoms with Gasteiger partial charge in [-0.15, -0.1) is 0 Å². The van der Waals surface area contributed by atoms with Crippen molar-refractivity contribution in [2.45, 2.75) is 25.4 Å². The quantitative estimate of drug-likeness (QED) is 0.542. The maximum Gasteiger partial charge on any atom is 0.218 e. The van der Waals surface area contributed by atoms with E-state index in [1.165, 1.54) is 5.56 Å². The molecule has 1 aliphatic rings. The maximum atomic E-state index is 5.69. The summed E-state index contributed by atoms with van der Waals surface area (Å²) in [4.78, 5) is 10.5. The summed E-state index contributed by atoms with van der Waals surface area (Å²) in [6.07, 6.45) is 2.13. The molecule has 1 fully saturated rings. The summed E-state index contributed by atoms with van der Waals surface area (Å²) in [5.74, 6) is 0.111. The SMILES string of the molecule is NC(N)=NC(N)=NC1CCCN(Cc2ccccc2)C1. The van der Waals surface area contributed by atoms with Crippen molar-refractivity contribution in [3.05, 3.63) is 35.9 Å². The Bertz CT molecular complexity index is 478. The minimum absolute atomic E-state index is 0.0526. The third-order valence-corrected chi connectivity index (χ3v) is 3.29. The van der Waals surface area contributed by atoms with Crippen LogP contribution in [0.2, 0.25) is 0 Å². The van der Waals surface area contributed by atoms with E-state index in [4.69, 9.17) is 17.2 Å². The smallest absolute Gasteiger partial charge is 0.218 e. The molecule has 1 aliphatic heterocycles. The second-order valence-corrected chi connectivity index (χ2v) is 5.04. The van der Waals surface area contributed by atoms with Gasteiger partial charge in [0.25, 0.3) is 0 Å². The number of guanidine groups is 2. The lowest BCUT2D eigenvalue weighted by Gasteiger charge is -2.30. The van der Waals surface area contributed by atoms with E-state index in [1.807, 2.05) is 6.07 Å². The molecule has 108 valence electrons. The summed E-state index contributed by atoms with van der Waals surface area (Å²) in [5, 5.41) is 0. The summed E-state index contributed by atoms with van der Waals surface area (Å²) in [6.45, 7) is 2.91. The molecule has 1 aromatic rings. The first kappa shape index (κ1) is 14.3. The summed E-state index contributed by atoms with van der Waals surface area (Å²) in [6, 6.07) is 10.6. The predicted molar refractivity (Wildman–Crippen MR) is 82.2 cm³/mol. The van der Waals surface area contributed by atoms with Crippen LogP contribution in [-0.4, -0.2) is 36.0 Å². The Labute approximate surface area is 119 Å². The highest BCUT2D eigenvalue weighted by molar-refractivity contribution is 5.92. The molecule has 1 saturated heterocycles. The fraction of sp³-hybridized carbons (Fsp3) is 0.429. The number of hydrogen-bond acceptors (Lipinski definition) is 2. The summed E-state index contributed by atoms with van der Waals surface area (Å²) < 4.78 is 0. The monoisotopic (exact) mass is 274 g/mol. The van der Waals surface area contributed by atoms with Gasteiger partial charge in [-0.05, 0) is 24.9 Å². The molecule has 1 aromatic carbocycles. The molecule has 0 radical (unpaired) electrons. The number of aliphatic imine (C=N–C) groups is 2. The van der Waals surface area contributed by atoms with Crippen molar-refractivity contribution in [3.8, 4) is 0 Å². The Morgan fingerprint density at radius 3 is 2.65 bits per heavy atom. The van der Waals surface area contributed by atoms with E-state index < -0.39 is 0 Å². The summed E-state index contributed by atoms with van der Waals surface area (Å²) in [5.41, 5.74) is 17.6. The molecule has 0 amide bonds. The number of nitrogens with two attached hydrogens (primary N) is 3. The van der Waals surface area contributed by atoms with Crippen molar-refractivity contribution in [1.29, 1.82) is 0 Å². The molecule has 0 saturated carbocycles. The van der Waals surface area contributed by atoms with Gasteiger partial charge >= 0.3 is 0 Å². The van der Waals surface area contributed by atoms with Crippen molar-refractivity contribution >= 4 is 11.9 Å². The highest BCUT2D eigenvalue weighted by Gasteiger charge is 2.19. The van der Waals surface area contributed by atoms with Crippen LogP contribution in [0.15, 0.2) is 40.3 Å². The highest BCUT2D eigenvalue weighted by Crippen LogP contribution is 2.16. The molecule has 2 rings (SSSR count). The fourth-order valence-corrected chi connectivity index (χ4v) is 2.47. The third-order valence-electron chi connectivity index (χ3n) is 3.29. The molecule has 1 heterocycles. The van der Waals surface area contributed by atoms with Crippen LogP contribution in [0.5, 0.6) is 0 Å². The highest BCUT2D eigenvalue weighted by atomic mass is 15.2. The molecule has 1 atom stereocenters. The largest absolute Gasteiger partial charge is 0.370 e. The molecule has 6 nitrogen and oxygen atoms in total. The molecule has 0 bridgehead atoms. The number of hydrogen-bond donors (Lipinski definition) is 3. The first-order chi connectivity index (χ1) is 9.63. The molecule has 6 N–H and O–H groups in total. The average molecular weight is 274 g/mol. The molecular weight excluding hydrogens is 252 g/mol. The van der Waals surface area contributed by atoms with Crippen LogP contribution in [-0.2, 0) is 6.54 Å². The van der Waals surface area contributed by atoms with Gasteiger partial charge in [-0.2, -0.15) is 4.99 Å². The molecule has 20 heavy (non-hydrogen) atoms. The summed E-state index contributed by atoms with van der Waals surface area (Å²) in [7, 11) is 0. The number of piperidine rings is 1. The van der Waals surface area contributed by atoms with Gasteiger partial charge in [-0.3, -0.25) is 4.90 Å². The van der Waals surface area contributed by atoms with Crippen molar-refractivity contribution in [2.24, 2.45) is 27.2 Å². The zero-order valence-corrected chi connectivity index (χ0v) is 11.6. The fourth-order valence-electron chi connectivity index (χ4n) is 2.47. The second kappa shape index (κ2) is 6.91. The van der Waals surface area contributed by atoms with E-state index in [9.17, 15) is 0 Å². The van der Waals surface area contributed by atoms with E-state index in [0.717, 1.165) is 32.5 Å². The van der Waals surface area contributed by atoms with Crippen molar-refractivity contribution in [3.63, 3.8) is 0 Å². The second-order valence-electron chi connectivity index (χ2n) is 5.04. The van der Waals surface area contributed by atoms with Gasteiger partial charge in [0, 0.05) is 13.1 Å². The minimum Gasteiger partial charge on any atom is -0.370 e. The lowest BCUT2D eigenvalue weighted by molar-refractivity contribution is 0.202. The zero-order valence-electron chi connectivity index (χ0n) is 11.6. The Hall–Kier alpha value is -2.08. The lowest BCUT2D eigenvalue weighted by Crippen LogP contribution is -2.38. The van der Waals surface area contributed by atoms with Gasteiger partial charge in [0.1, 0.15) is 0 Å². The normalized spacial score (nSPS) is 20.6. The van der Waals surface area contributed by atoms with Crippen molar-refractivity contribution < 1.29 is 0 Å². The van der Waals surface area contributed by atoms with Gasteiger partial charge in [-0.1, -0.05) is 30.3 Å². The Balaban J connectivity index is 1.93. The first-order valence-corrected chi connectivity index (χ1v) is 6.82. The van der Waals surface area contributed by atoms with Gasteiger partial charge in [0.15, 0.2) is 5.96 Å². The first-order valence-electron chi connectivity index (χ1n) is 6.82. The Morgan fingerprint density at radius 2 is 1.95 bits per heavy atom. The van der Waals surface area contributed by atoms with E-state index in [-0.39, 0.29) is 18.0 Å². The number of benzene rings is 1. The van der Waals surface area contributed by atoms with Crippen LogP contribution in [0.25, 0.3) is 0 Å². The average Bonchev–Trinajstić information content (AvgIpc) is 2.39. The van der Waals surface area contributed by atoms with Gasteiger partial charge in [-0.25, -0.2) is 4.99 Å². The lowest BCUT2D eigenvalue weighted by atomic mass is 10.1. The number of nitrogens with zero attached hydrogens (tertiary/aromatic N) is 3. The topological polar surface area (TPSA) is 106 Å². The van der Waals surface area contributed by atoms with E-state index in [0.29, 0.717) is 0 Å². The molecule has 0 aromatic heterocycles. The van der Waals surface area contributed by atoms with E-state index in [1.54, 1.807) is 0 Å².